The summed E-state index contributed by atoms with van der Waals surface area (Å²) in [6, 6.07) is 7.85. The first kappa shape index (κ1) is 11.5. The highest BCUT2D eigenvalue weighted by Gasteiger charge is 2.06. The van der Waals surface area contributed by atoms with Crippen molar-refractivity contribution >= 4 is 23.0 Å². The fourth-order valence-corrected chi connectivity index (χ4v) is 1.75. The molecule has 0 unspecified atom stereocenters. The minimum atomic E-state index is -0.782. The number of fused-ring (bicyclic) bond motifs is 1. The lowest BCUT2D eigenvalue weighted by molar-refractivity contribution is -0.136. The van der Waals surface area contributed by atoms with Gasteiger partial charge in [-0.1, -0.05) is 24.3 Å². The molecule has 3 heteroatoms. The van der Waals surface area contributed by atoms with E-state index in [1.807, 2.05) is 43.3 Å². The fourth-order valence-electron chi connectivity index (χ4n) is 1.75. The third-order valence-electron chi connectivity index (χ3n) is 2.67. The zero-order valence-corrected chi connectivity index (χ0v) is 9.64. The molecule has 0 bridgehead atoms. The Morgan fingerprint density at radius 1 is 1.41 bits per heavy atom. The van der Waals surface area contributed by atoms with Gasteiger partial charge in [0, 0.05) is 17.4 Å². The molecule has 1 aromatic heterocycles. The van der Waals surface area contributed by atoms with Crippen molar-refractivity contribution in [3.63, 3.8) is 0 Å². The number of carboxylic acids is 1. The van der Waals surface area contributed by atoms with Crippen molar-refractivity contribution in [2.24, 2.45) is 0 Å². The van der Waals surface area contributed by atoms with Gasteiger partial charge in [-0.05, 0) is 25.5 Å². The number of hydrogen-bond donors (Lipinski definition) is 1. The van der Waals surface area contributed by atoms with Crippen molar-refractivity contribution in [2.45, 2.75) is 19.8 Å². The summed E-state index contributed by atoms with van der Waals surface area (Å²) in [4.78, 5) is 10.4. The van der Waals surface area contributed by atoms with Crippen molar-refractivity contribution in [1.29, 1.82) is 0 Å². The third kappa shape index (κ3) is 2.56. The molecule has 0 radical (unpaired) electrons. The summed E-state index contributed by atoms with van der Waals surface area (Å²) < 4.78 is 5.67. The fraction of sp³-hybridized carbons (Fsp3) is 0.214. The summed E-state index contributed by atoms with van der Waals surface area (Å²) in [5.41, 5.74) is 1.95. The summed E-state index contributed by atoms with van der Waals surface area (Å²) in [7, 11) is 0. The molecule has 3 nitrogen and oxygen atoms in total. The van der Waals surface area contributed by atoms with Gasteiger partial charge in [0.1, 0.15) is 11.3 Å². The highest BCUT2D eigenvalue weighted by Crippen LogP contribution is 2.25. The smallest absolute Gasteiger partial charge is 0.303 e. The van der Waals surface area contributed by atoms with E-state index in [0.717, 1.165) is 22.3 Å². The number of rotatable bonds is 4. The van der Waals surface area contributed by atoms with Crippen LogP contribution in [0.5, 0.6) is 0 Å². The van der Waals surface area contributed by atoms with Crippen molar-refractivity contribution < 1.29 is 14.3 Å². The number of benzene rings is 1. The van der Waals surface area contributed by atoms with Gasteiger partial charge in [0.2, 0.25) is 0 Å². The predicted molar refractivity (Wildman–Crippen MR) is 66.9 cm³/mol. The molecule has 0 spiro atoms. The topological polar surface area (TPSA) is 50.4 Å². The Kier molecular flexibility index (Phi) is 3.28. The molecule has 0 saturated heterocycles. The Hall–Kier alpha value is -2.03. The molecule has 2 rings (SSSR count). The first-order valence-electron chi connectivity index (χ1n) is 5.55. The summed E-state index contributed by atoms with van der Waals surface area (Å²) in [5.74, 6) is 0.0209. The van der Waals surface area contributed by atoms with E-state index in [1.54, 1.807) is 0 Å². The Labute approximate surface area is 99.4 Å². The van der Waals surface area contributed by atoms with Gasteiger partial charge in [0.05, 0.1) is 0 Å². The second-order valence-electron chi connectivity index (χ2n) is 3.92. The summed E-state index contributed by atoms with van der Waals surface area (Å²) in [6.45, 7) is 2.00. The van der Waals surface area contributed by atoms with Gasteiger partial charge in [0.25, 0.3) is 0 Å². The second kappa shape index (κ2) is 4.87. The quantitative estimate of drug-likeness (QED) is 0.872. The molecule has 0 aliphatic carbocycles. The molecule has 17 heavy (non-hydrogen) atoms. The van der Waals surface area contributed by atoms with Crippen molar-refractivity contribution in [2.75, 3.05) is 0 Å². The number of carbonyl (C=O) groups is 1. The van der Waals surface area contributed by atoms with Crippen LogP contribution < -0.4 is 0 Å². The maximum atomic E-state index is 10.4. The number of furan rings is 1. The lowest BCUT2D eigenvalue weighted by atomic mass is 10.1. The molecule has 0 amide bonds. The molecule has 1 aromatic carbocycles. The number of para-hydroxylation sites is 1. The van der Waals surface area contributed by atoms with Gasteiger partial charge >= 0.3 is 5.97 Å². The van der Waals surface area contributed by atoms with E-state index >= 15 is 0 Å². The maximum Gasteiger partial charge on any atom is 0.303 e. The van der Waals surface area contributed by atoms with E-state index in [-0.39, 0.29) is 6.42 Å². The molecule has 0 aliphatic rings. The molecule has 0 aliphatic heterocycles. The molecule has 0 atom stereocenters. The Bertz CT molecular complexity index is 564. The highest BCUT2D eigenvalue weighted by atomic mass is 16.4. The number of allylic oxidation sites excluding steroid dienone is 1. The predicted octanol–water partition coefficient (Wildman–Crippen LogP) is 3.62. The van der Waals surface area contributed by atoms with Crippen LogP contribution in [0.2, 0.25) is 0 Å². The minimum Gasteiger partial charge on any atom is -0.481 e. The normalized spacial score (nSPS) is 11.4. The van der Waals surface area contributed by atoms with Crippen molar-refractivity contribution in [1.82, 2.24) is 0 Å². The van der Waals surface area contributed by atoms with Crippen LogP contribution in [-0.4, -0.2) is 11.1 Å². The van der Waals surface area contributed by atoms with Crippen LogP contribution in [0.1, 0.15) is 24.2 Å². The Balaban J connectivity index is 2.19. The minimum absolute atomic E-state index is 0.149. The highest BCUT2D eigenvalue weighted by molar-refractivity contribution is 5.84. The van der Waals surface area contributed by atoms with E-state index in [9.17, 15) is 4.79 Å². The first-order chi connectivity index (χ1) is 8.18. The van der Waals surface area contributed by atoms with Gasteiger partial charge in [-0.25, -0.2) is 0 Å². The van der Waals surface area contributed by atoms with E-state index in [1.165, 1.54) is 0 Å². The molecule has 0 saturated carbocycles. The van der Waals surface area contributed by atoms with Crippen molar-refractivity contribution in [3.05, 3.63) is 41.7 Å². The molecule has 0 fully saturated rings. The van der Waals surface area contributed by atoms with Crippen LogP contribution in [0.25, 0.3) is 17.0 Å². The SMILES string of the molecule is Cc1c(/C=C/CCC(=O)O)oc2ccccc12. The van der Waals surface area contributed by atoms with Crippen LogP contribution in [0, 0.1) is 6.92 Å². The van der Waals surface area contributed by atoms with Crippen LogP contribution >= 0.6 is 0 Å². The summed E-state index contributed by atoms with van der Waals surface area (Å²) in [6.07, 6.45) is 4.35. The molecular formula is C14H14O3. The lowest BCUT2D eigenvalue weighted by Crippen LogP contribution is -1.91. The van der Waals surface area contributed by atoms with E-state index in [4.69, 9.17) is 9.52 Å². The van der Waals surface area contributed by atoms with E-state index in [2.05, 4.69) is 0 Å². The molecule has 88 valence electrons. The number of aliphatic carboxylic acids is 1. The number of aryl methyl sites for hydroxylation is 1. The molecular weight excluding hydrogens is 216 g/mol. The zero-order chi connectivity index (χ0) is 12.3. The van der Waals surface area contributed by atoms with Crippen LogP contribution in [-0.2, 0) is 4.79 Å². The average molecular weight is 230 g/mol. The maximum absolute atomic E-state index is 10.4. The first-order valence-corrected chi connectivity index (χ1v) is 5.55. The third-order valence-corrected chi connectivity index (χ3v) is 2.67. The van der Waals surface area contributed by atoms with Gasteiger partial charge in [-0.3, -0.25) is 4.79 Å². The second-order valence-corrected chi connectivity index (χ2v) is 3.92. The zero-order valence-electron chi connectivity index (χ0n) is 9.64. The summed E-state index contributed by atoms with van der Waals surface area (Å²) >= 11 is 0. The van der Waals surface area contributed by atoms with Crippen LogP contribution in [0.3, 0.4) is 0 Å². The largest absolute Gasteiger partial charge is 0.481 e. The molecule has 2 aromatic rings. The number of carboxylic acid groups (broad SMARTS) is 1. The monoisotopic (exact) mass is 230 g/mol. The standard InChI is InChI=1S/C14H14O3/c1-10-11-6-2-3-8-13(11)17-12(10)7-4-5-9-14(15)16/h2-4,6-8H,5,9H2,1H3,(H,15,16)/b7-4+. The van der Waals surface area contributed by atoms with Crippen molar-refractivity contribution in [3.8, 4) is 0 Å². The van der Waals surface area contributed by atoms with E-state index < -0.39 is 5.97 Å². The average Bonchev–Trinajstić information content (AvgIpc) is 2.63. The van der Waals surface area contributed by atoms with Gasteiger partial charge in [0.15, 0.2) is 0 Å². The molecule has 1 heterocycles. The van der Waals surface area contributed by atoms with Crippen LogP contribution in [0.15, 0.2) is 34.8 Å². The lowest BCUT2D eigenvalue weighted by Gasteiger charge is -1.89. The van der Waals surface area contributed by atoms with E-state index in [0.29, 0.717) is 6.42 Å². The molecule has 1 N–H and O–H groups in total. The summed E-state index contributed by atoms with van der Waals surface area (Å²) in [5, 5.41) is 9.62. The number of hydrogen-bond acceptors (Lipinski definition) is 2. The van der Waals surface area contributed by atoms with Gasteiger partial charge in [-0.2, -0.15) is 0 Å². The van der Waals surface area contributed by atoms with Crippen LogP contribution in [0.4, 0.5) is 0 Å². The van der Waals surface area contributed by atoms with Gasteiger partial charge < -0.3 is 9.52 Å². The Morgan fingerprint density at radius 2 is 2.18 bits per heavy atom. The Morgan fingerprint density at radius 3 is 2.88 bits per heavy atom. The van der Waals surface area contributed by atoms with Gasteiger partial charge in [-0.15, -0.1) is 0 Å².